The normalized spacial score (nSPS) is 20.9. The van der Waals surface area contributed by atoms with Crippen molar-refractivity contribution in [3.05, 3.63) is 24.3 Å². The molecule has 9 heteroatoms. The average molecular weight is 345 g/mol. The van der Waals surface area contributed by atoms with Gasteiger partial charge in [-0.1, -0.05) is 6.07 Å². The van der Waals surface area contributed by atoms with Gasteiger partial charge in [-0.25, -0.2) is 0 Å². The summed E-state index contributed by atoms with van der Waals surface area (Å²) in [5.74, 6) is -0.158. The molecule has 6 nitrogen and oxygen atoms in total. The molecule has 1 aromatic rings. The number of hydrogen-bond acceptors (Lipinski definition) is 4. The van der Waals surface area contributed by atoms with E-state index in [1.807, 2.05) is 7.05 Å². The van der Waals surface area contributed by atoms with Gasteiger partial charge in [0.1, 0.15) is 5.75 Å². The summed E-state index contributed by atoms with van der Waals surface area (Å²) in [6.07, 6.45) is -4.73. The number of guanidine groups is 1. The van der Waals surface area contributed by atoms with Gasteiger partial charge in [-0.05, 0) is 26.2 Å². The first-order valence-corrected chi connectivity index (χ1v) is 7.54. The quantitative estimate of drug-likeness (QED) is 0.640. The molecule has 1 fully saturated rings. The first-order valence-electron chi connectivity index (χ1n) is 7.54. The zero-order valence-corrected chi connectivity index (χ0v) is 13.7. The van der Waals surface area contributed by atoms with Crippen LogP contribution in [0.4, 0.5) is 18.9 Å². The number of rotatable bonds is 4. The number of alkyl halides is 3. The molecule has 1 aliphatic rings. The topological polar surface area (TPSA) is 66.1 Å². The predicted molar refractivity (Wildman–Crippen MR) is 87.2 cm³/mol. The molecule has 1 heterocycles. The number of aliphatic imine (C=N–C) groups is 1. The van der Waals surface area contributed by atoms with Crippen molar-refractivity contribution in [1.29, 1.82) is 0 Å². The molecule has 1 atom stereocenters. The highest BCUT2D eigenvalue weighted by Crippen LogP contribution is 2.24. The fraction of sp³-hybridized carbons (Fsp3) is 0.533. The van der Waals surface area contributed by atoms with Gasteiger partial charge in [0.05, 0.1) is 6.54 Å². The van der Waals surface area contributed by atoms with Gasteiger partial charge in [-0.2, -0.15) is 0 Å². The number of hydrogen-bond donors (Lipinski definition) is 2. The Bertz CT molecular complexity index is 578. The molecule has 1 saturated heterocycles. The van der Waals surface area contributed by atoms with Crippen LogP contribution in [0.3, 0.4) is 0 Å². The molecule has 0 spiro atoms. The van der Waals surface area contributed by atoms with E-state index in [0.717, 1.165) is 19.6 Å². The standard InChI is InChI=1S/C15H22F3N5O/c1-22-6-7-23(2)12(10-22)9-20-14(19)21-11-4-3-5-13(8-11)24-15(16,17)18/h3-5,8,12H,6-7,9-10H2,1-2H3,(H3,19,20,21). The van der Waals surface area contributed by atoms with Gasteiger partial charge in [0.15, 0.2) is 5.96 Å². The number of nitrogens with two attached hydrogens (primary N) is 1. The van der Waals surface area contributed by atoms with Crippen LogP contribution in [-0.2, 0) is 0 Å². The summed E-state index contributed by atoms with van der Waals surface area (Å²) in [7, 11) is 4.09. The molecule has 0 saturated carbocycles. The number of benzene rings is 1. The van der Waals surface area contributed by atoms with Gasteiger partial charge in [0.2, 0.25) is 0 Å². The van der Waals surface area contributed by atoms with E-state index in [2.05, 4.69) is 31.9 Å². The third-order valence-corrected chi connectivity index (χ3v) is 3.79. The number of nitrogens with zero attached hydrogens (tertiary/aromatic N) is 3. The average Bonchev–Trinajstić information content (AvgIpc) is 2.47. The molecule has 0 radical (unpaired) electrons. The van der Waals surface area contributed by atoms with E-state index >= 15 is 0 Å². The minimum absolute atomic E-state index is 0.154. The van der Waals surface area contributed by atoms with Crippen molar-refractivity contribution in [2.45, 2.75) is 12.4 Å². The van der Waals surface area contributed by atoms with Crippen molar-refractivity contribution in [3.63, 3.8) is 0 Å². The van der Waals surface area contributed by atoms with Gasteiger partial charge in [0.25, 0.3) is 0 Å². The summed E-state index contributed by atoms with van der Waals surface area (Å²) < 4.78 is 40.6. The van der Waals surface area contributed by atoms with E-state index < -0.39 is 6.36 Å². The first-order chi connectivity index (χ1) is 11.2. The maximum atomic E-state index is 12.2. The highest BCUT2D eigenvalue weighted by Gasteiger charge is 2.31. The zero-order valence-electron chi connectivity index (χ0n) is 13.7. The van der Waals surface area contributed by atoms with Crippen molar-refractivity contribution in [3.8, 4) is 5.75 Å². The van der Waals surface area contributed by atoms with E-state index in [4.69, 9.17) is 5.73 Å². The number of nitrogens with one attached hydrogen (secondary N) is 1. The molecule has 24 heavy (non-hydrogen) atoms. The van der Waals surface area contributed by atoms with Crippen LogP contribution in [0.25, 0.3) is 0 Å². The van der Waals surface area contributed by atoms with Gasteiger partial charge in [-0.3, -0.25) is 9.89 Å². The highest BCUT2D eigenvalue weighted by atomic mass is 19.4. The third-order valence-electron chi connectivity index (χ3n) is 3.79. The molecule has 0 aliphatic carbocycles. The van der Waals surface area contributed by atoms with Crippen molar-refractivity contribution in [1.82, 2.24) is 9.80 Å². The summed E-state index contributed by atoms with van der Waals surface area (Å²) in [4.78, 5) is 8.72. The third kappa shape index (κ3) is 5.89. The lowest BCUT2D eigenvalue weighted by Crippen LogP contribution is -2.51. The monoisotopic (exact) mass is 345 g/mol. The summed E-state index contributed by atoms with van der Waals surface area (Å²) in [5, 5.41) is 2.78. The summed E-state index contributed by atoms with van der Waals surface area (Å²) in [6, 6.07) is 5.73. The summed E-state index contributed by atoms with van der Waals surface area (Å²) in [6.45, 7) is 3.37. The lowest BCUT2D eigenvalue weighted by molar-refractivity contribution is -0.274. The second-order valence-electron chi connectivity index (χ2n) is 5.82. The largest absolute Gasteiger partial charge is 0.573 e. The highest BCUT2D eigenvalue weighted by molar-refractivity contribution is 5.92. The lowest BCUT2D eigenvalue weighted by atomic mass is 10.2. The number of likely N-dealkylation sites (N-methyl/N-ethyl adjacent to an activating group) is 2. The van der Waals surface area contributed by atoms with Crippen LogP contribution in [0.15, 0.2) is 29.3 Å². The van der Waals surface area contributed by atoms with E-state index in [1.165, 1.54) is 18.2 Å². The van der Waals surface area contributed by atoms with Crippen molar-refractivity contribution in [2.24, 2.45) is 10.7 Å². The minimum Gasteiger partial charge on any atom is -0.406 e. The fourth-order valence-electron chi connectivity index (χ4n) is 2.46. The van der Waals surface area contributed by atoms with Crippen LogP contribution in [0.2, 0.25) is 0 Å². The molecular weight excluding hydrogens is 323 g/mol. The Morgan fingerprint density at radius 2 is 2.12 bits per heavy atom. The van der Waals surface area contributed by atoms with E-state index in [0.29, 0.717) is 12.2 Å². The second-order valence-corrected chi connectivity index (χ2v) is 5.82. The maximum Gasteiger partial charge on any atom is 0.573 e. The molecule has 3 N–H and O–H groups in total. The molecule has 1 unspecified atom stereocenters. The van der Waals surface area contributed by atoms with Gasteiger partial charge in [-0.15, -0.1) is 13.2 Å². The fourth-order valence-corrected chi connectivity index (χ4v) is 2.46. The Kier molecular flexibility index (Phi) is 5.89. The van der Waals surface area contributed by atoms with E-state index in [9.17, 15) is 13.2 Å². The molecular formula is C15H22F3N5O. The summed E-state index contributed by atoms with van der Waals surface area (Å²) in [5.41, 5.74) is 6.21. The van der Waals surface area contributed by atoms with Crippen LogP contribution >= 0.6 is 0 Å². The lowest BCUT2D eigenvalue weighted by Gasteiger charge is -2.36. The van der Waals surface area contributed by atoms with Crippen LogP contribution in [0, 0.1) is 0 Å². The van der Waals surface area contributed by atoms with Gasteiger partial charge in [0, 0.05) is 37.4 Å². The number of anilines is 1. The number of ether oxygens (including phenoxy) is 1. The SMILES string of the molecule is CN1CCN(C)C(CN=C(N)Nc2cccc(OC(F)(F)F)c2)C1. The van der Waals surface area contributed by atoms with Crippen molar-refractivity contribution >= 4 is 11.6 Å². The Hall–Kier alpha value is -2.00. The Morgan fingerprint density at radius 1 is 1.38 bits per heavy atom. The van der Waals surface area contributed by atoms with Gasteiger partial charge < -0.3 is 20.7 Å². The van der Waals surface area contributed by atoms with Gasteiger partial charge >= 0.3 is 6.36 Å². The zero-order chi connectivity index (χ0) is 17.7. The van der Waals surface area contributed by atoms with Crippen LogP contribution in [0.1, 0.15) is 0 Å². The second kappa shape index (κ2) is 7.71. The van der Waals surface area contributed by atoms with Crippen LogP contribution in [0.5, 0.6) is 5.75 Å². The predicted octanol–water partition coefficient (Wildman–Crippen LogP) is 1.56. The van der Waals surface area contributed by atoms with Crippen molar-refractivity contribution < 1.29 is 17.9 Å². The minimum atomic E-state index is -4.73. The van der Waals surface area contributed by atoms with Crippen LogP contribution < -0.4 is 15.8 Å². The Balaban J connectivity index is 1.93. The smallest absolute Gasteiger partial charge is 0.406 e. The molecule has 0 amide bonds. The van der Waals surface area contributed by atoms with Crippen molar-refractivity contribution in [2.75, 3.05) is 45.6 Å². The molecule has 0 bridgehead atoms. The Labute approximate surface area is 139 Å². The molecule has 0 aromatic heterocycles. The molecule has 134 valence electrons. The molecule has 1 aliphatic heterocycles. The van der Waals surface area contributed by atoms with E-state index in [-0.39, 0.29) is 17.8 Å². The Morgan fingerprint density at radius 3 is 2.83 bits per heavy atom. The maximum absolute atomic E-state index is 12.2. The summed E-state index contributed by atoms with van der Waals surface area (Å²) >= 11 is 0. The van der Waals surface area contributed by atoms with E-state index in [1.54, 1.807) is 6.07 Å². The molecule has 1 aromatic carbocycles. The number of halogens is 3. The molecule has 2 rings (SSSR count). The first kappa shape index (κ1) is 18.3. The van der Waals surface area contributed by atoms with Crippen LogP contribution in [-0.4, -0.2) is 68.4 Å². The number of piperazine rings is 1.